The van der Waals surface area contributed by atoms with Crippen molar-refractivity contribution in [2.45, 2.75) is 32.6 Å². The number of esters is 1. The number of hydrogen-bond acceptors (Lipinski definition) is 5. The van der Waals surface area contributed by atoms with E-state index in [2.05, 4.69) is 0 Å². The Morgan fingerprint density at radius 3 is 1.38 bits per heavy atom. The van der Waals surface area contributed by atoms with Crippen LogP contribution < -0.4 is 9.47 Å². The standard InChI is InChI=1S/C37H32O5/c1-2-41-35-29-16-8-17-30(35)23-32-19-9-18-31(36(32)42-37(40)24-10-4-3-5-11-24)22-28-15-7-13-26(34(28)39)20-25-12-6-14-27(21-29)33(25)38/h3-19,38-39H,2,20-23H2,1H3. The van der Waals surface area contributed by atoms with Crippen molar-refractivity contribution in [3.63, 3.8) is 0 Å². The Morgan fingerprint density at radius 2 is 0.929 bits per heavy atom. The van der Waals surface area contributed by atoms with Crippen molar-refractivity contribution in [2.75, 3.05) is 6.61 Å². The van der Waals surface area contributed by atoms with Crippen LogP contribution >= 0.6 is 0 Å². The number of carbonyl (C=O) groups is 1. The molecule has 0 aromatic heterocycles. The SMILES string of the molecule is CCOc1c2cccc1Cc1cccc(c1OC(=O)c1ccccc1)Cc1cccc(c1O)Cc1cccc(c1O)C2. The number of fused-ring (bicyclic) bond motifs is 8. The summed E-state index contributed by atoms with van der Waals surface area (Å²) in [5.41, 5.74) is 6.94. The minimum Gasteiger partial charge on any atom is -0.507 e. The molecule has 0 spiro atoms. The van der Waals surface area contributed by atoms with Gasteiger partial charge in [-0.25, -0.2) is 4.79 Å². The van der Waals surface area contributed by atoms with E-state index in [1.165, 1.54) is 0 Å². The second kappa shape index (κ2) is 11.8. The Hall–Kier alpha value is -5.03. The first-order valence-corrected chi connectivity index (χ1v) is 14.2. The van der Waals surface area contributed by atoms with E-state index in [-0.39, 0.29) is 11.5 Å². The molecule has 42 heavy (non-hydrogen) atoms. The number of hydrogen-bond donors (Lipinski definition) is 2. The minimum absolute atomic E-state index is 0.170. The second-order valence-corrected chi connectivity index (χ2v) is 10.6. The third kappa shape index (κ3) is 5.46. The molecule has 0 saturated heterocycles. The van der Waals surface area contributed by atoms with Gasteiger partial charge in [-0.3, -0.25) is 0 Å². The number of benzene rings is 5. The average molecular weight is 557 g/mol. The van der Waals surface area contributed by atoms with Gasteiger partial charge < -0.3 is 19.7 Å². The van der Waals surface area contributed by atoms with Gasteiger partial charge in [0.05, 0.1) is 12.2 Å². The van der Waals surface area contributed by atoms with Crippen molar-refractivity contribution in [3.8, 4) is 23.0 Å². The molecule has 1 aliphatic carbocycles. The summed E-state index contributed by atoms with van der Waals surface area (Å²) in [7, 11) is 0. The van der Waals surface area contributed by atoms with Gasteiger partial charge in [0, 0.05) is 25.7 Å². The van der Waals surface area contributed by atoms with Crippen LogP contribution in [0.3, 0.4) is 0 Å². The van der Waals surface area contributed by atoms with Gasteiger partial charge >= 0.3 is 5.97 Å². The molecule has 5 aromatic rings. The molecule has 8 bridgehead atoms. The Kier molecular flexibility index (Phi) is 7.65. The van der Waals surface area contributed by atoms with Crippen molar-refractivity contribution < 1.29 is 24.5 Å². The normalized spacial score (nSPS) is 12.4. The lowest BCUT2D eigenvalue weighted by Gasteiger charge is -2.20. The molecular weight excluding hydrogens is 524 g/mol. The molecule has 0 saturated carbocycles. The Morgan fingerprint density at radius 1 is 0.548 bits per heavy atom. The van der Waals surface area contributed by atoms with Crippen LogP contribution in [0.4, 0.5) is 0 Å². The van der Waals surface area contributed by atoms with E-state index in [0.29, 0.717) is 54.7 Å². The maximum absolute atomic E-state index is 13.3. The van der Waals surface area contributed by atoms with Crippen molar-refractivity contribution in [3.05, 3.63) is 153 Å². The number of carbonyl (C=O) groups excluding carboxylic acids is 1. The van der Waals surface area contributed by atoms with Crippen molar-refractivity contribution in [1.82, 2.24) is 0 Å². The maximum Gasteiger partial charge on any atom is 0.343 e. The Labute approximate surface area is 245 Å². The third-order valence-electron chi connectivity index (χ3n) is 7.78. The molecule has 6 rings (SSSR count). The van der Waals surface area contributed by atoms with E-state index in [4.69, 9.17) is 9.47 Å². The van der Waals surface area contributed by atoms with Crippen molar-refractivity contribution in [2.24, 2.45) is 0 Å². The molecule has 5 aromatic carbocycles. The molecule has 1 aliphatic rings. The highest BCUT2D eigenvalue weighted by Gasteiger charge is 2.21. The first-order chi connectivity index (χ1) is 20.5. The molecule has 0 unspecified atom stereocenters. The first kappa shape index (κ1) is 27.2. The number of phenolic OH excluding ortho intramolecular Hbond substituents is 2. The predicted octanol–water partition coefficient (Wildman–Crippen LogP) is 7.39. The fourth-order valence-electron chi connectivity index (χ4n) is 5.70. The molecular formula is C37H32O5. The smallest absolute Gasteiger partial charge is 0.343 e. The van der Waals surface area contributed by atoms with Crippen LogP contribution in [0.5, 0.6) is 23.0 Å². The molecule has 0 fully saturated rings. The quantitative estimate of drug-likeness (QED) is 0.175. The molecule has 2 N–H and O–H groups in total. The van der Waals surface area contributed by atoms with Gasteiger partial charge in [-0.2, -0.15) is 0 Å². The lowest BCUT2D eigenvalue weighted by Crippen LogP contribution is -2.12. The molecule has 0 aliphatic heterocycles. The minimum atomic E-state index is -0.440. The van der Waals surface area contributed by atoms with E-state index in [1.54, 1.807) is 12.1 Å². The van der Waals surface area contributed by atoms with Crippen LogP contribution in [0.25, 0.3) is 0 Å². The summed E-state index contributed by atoms with van der Waals surface area (Å²) in [4.78, 5) is 13.3. The summed E-state index contributed by atoms with van der Waals surface area (Å²) >= 11 is 0. The molecule has 0 amide bonds. The van der Waals surface area contributed by atoms with E-state index < -0.39 is 5.97 Å². The Balaban J connectivity index is 1.54. The second-order valence-electron chi connectivity index (χ2n) is 10.6. The summed E-state index contributed by atoms with van der Waals surface area (Å²) in [6.45, 7) is 2.44. The van der Waals surface area contributed by atoms with Gasteiger partial charge in [-0.15, -0.1) is 0 Å². The number of aromatic hydroxyl groups is 2. The lowest BCUT2D eigenvalue weighted by molar-refractivity contribution is 0.0731. The summed E-state index contributed by atoms with van der Waals surface area (Å²) in [5.74, 6) is 1.21. The molecule has 0 radical (unpaired) electrons. The van der Waals surface area contributed by atoms with Crippen LogP contribution in [0.1, 0.15) is 61.8 Å². The van der Waals surface area contributed by atoms with E-state index in [1.807, 2.05) is 97.9 Å². The monoisotopic (exact) mass is 556 g/mol. The molecule has 0 atom stereocenters. The first-order valence-electron chi connectivity index (χ1n) is 14.2. The predicted molar refractivity (Wildman–Crippen MR) is 163 cm³/mol. The highest BCUT2D eigenvalue weighted by Crippen LogP contribution is 2.38. The van der Waals surface area contributed by atoms with Crippen molar-refractivity contribution in [1.29, 1.82) is 0 Å². The van der Waals surface area contributed by atoms with Gasteiger partial charge in [0.15, 0.2) is 0 Å². The average Bonchev–Trinajstić information content (AvgIpc) is 3.00. The van der Waals surface area contributed by atoms with Gasteiger partial charge in [-0.1, -0.05) is 91.0 Å². The van der Waals surface area contributed by atoms with E-state index >= 15 is 0 Å². The summed E-state index contributed by atoms with van der Waals surface area (Å²) < 4.78 is 12.4. The maximum atomic E-state index is 13.3. The van der Waals surface area contributed by atoms with E-state index in [0.717, 1.165) is 39.1 Å². The number of ether oxygens (including phenoxy) is 2. The lowest BCUT2D eigenvalue weighted by atomic mass is 9.91. The number of phenols is 2. The molecule has 5 nitrogen and oxygen atoms in total. The largest absolute Gasteiger partial charge is 0.507 e. The molecule has 0 heterocycles. The van der Waals surface area contributed by atoms with Crippen molar-refractivity contribution >= 4 is 5.97 Å². The topological polar surface area (TPSA) is 76.0 Å². The highest BCUT2D eigenvalue weighted by molar-refractivity contribution is 5.91. The molecule has 210 valence electrons. The number of para-hydroxylation sites is 4. The van der Waals surface area contributed by atoms with Crippen LogP contribution in [0.15, 0.2) is 103 Å². The third-order valence-corrected chi connectivity index (χ3v) is 7.78. The van der Waals surface area contributed by atoms with Gasteiger partial charge in [0.1, 0.15) is 23.0 Å². The van der Waals surface area contributed by atoms with Crippen LogP contribution in [0, 0.1) is 0 Å². The fraction of sp³-hybridized carbons (Fsp3) is 0.162. The summed E-state index contributed by atoms with van der Waals surface area (Å²) in [5, 5.41) is 22.6. The van der Waals surface area contributed by atoms with Gasteiger partial charge in [0.25, 0.3) is 0 Å². The fourth-order valence-corrected chi connectivity index (χ4v) is 5.70. The van der Waals surface area contributed by atoms with Crippen LogP contribution in [-0.4, -0.2) is 22.8 Å². The zero-order chi connectivity index (χ0) is 29.1. The summed E-state index contributed by atoms with van der Waals surface area (Å²) in [6.07, 6.45) is 1.67. The van der Waals surface area contributed by atoms with Gasteiger partial charge in [0.2, 0.25) is 0 Å². The Bertz CT molecular complexity index is 1760. The zero-order valence-electron chi connectivity index (χ0n) is 23.5. The highest BCUT2D eigenvalue weighted by atomic mass is 16.5. The van der Waals surface area contributed by atoms with E-state index in [9.17, 15) is 15.0 Å². The zero-order valence-corrected chi connectivity index (χ0v) is 23.5. The molecule has 5 heteroatoms. The number of rotatable bonds is 4. The van der Waals surface area contributed by atoms with Gasteiger partial charge in [-0.05, 0) is 63.6 Å². The van der Waals surface area contributed by atoms with Crippen LogP contribution in [-0.2, 0) is 25.7 Å². The summed E-state index contributed by atoms with van der Waals surface area (Å²) in [6, 6.07) is 32.3. The van der Waals surface area contributed by atoms with Crippen LogP contribution in [0.2, 0.25) is 0 Å².